The molecule has 1 saturated carbocycles. The summed E-state index contributed by atoms with van der Waals surface area (Å²) >= 11 is 0. The summed E-state index contributed by atoms with van der Waals surface area (Å²) in [5, 5.41) is 0. The molecule has 3 rings (SSSR count). The number of allylic oxidation sites excluding steroid dienone is 1. The summed E-state index contributed by atoms with van der Waals surface area (Å²) in [5.41, 5.74) is 6.59. The first-order chi connectivity index (χ1) is 9.02. The number of benzene rings is 1. The van der Waals surface area contributed by atoms with Crippen molar-refractivity contribution in [2.45, 2.75) is 64.2 Å². The Kier molecular flexibility index (Phi) is 3.08. The van der Waals surface area contributed by atoms with Gasteiger partial charge in [0.15, 0.2) is 0 Å². The summed E-state index contributed by atoms with van der Waals surface area (Å²) in [6.07, 6.45) is 6.46. The molecule has 2 aliphatic rings. The van der Waals surface area contributed by atoms with Gasteiger partial charge in [-0.05, 0) is 66.0 Å². The maximum Gasteiger partial charge on any atom is -0.000705 e. The lowest BCUT2D eigenvalue weighted by atomic mass is 9.57. The van der Waals surface area contributed by atoms with E-state index in [1.165, 1.54) is 43.2 Å². The van der Waals surface area contributed by atoms with Gasteiger partial charge in [-0.15, -0.1) is 0 Å². The zero-order valence-corrected chi connectivity index (χ0v) is 12.6. The number of fused-ring (bicyclic) bond motifs is 3. The Morgan fingerprint density at radius 2 is 2.05 bits per heavy atom. The van der Waals surface area contributed by atoms with Crippen molar-refractivity contribution in [2.24, 2.45) is 5.92 Å². The van der Waals surface area contributed by atoms with Gasteiger partial charge in [-0.2, -0.15) is 0 Å². The van der Waals surface area contributed by atoms with E-state index >= 15 is 0 Å². The van der Waals surface area contributed by atoms with E-state index in [1.54, 1.807) is 11.1 Å². The average Bonchev–Trinajstić information content (AvgIpc) is 2.38. The molecule has 1 fully saturated rings. The van der Waals surface area contributed by atoms with Gasteiger partial charge < -0.3 is 0 Å². The zero-order valence-electron chi connectivity index (χ0n) is 12.6. The Morgan fingerprint density at radius 1 is 1.26 bits per heavy atom. The van der Waals surface area contributed by atoms with Gasteiger partial charge in [0, 0.05) is 0 Å². The van der Waals surface area contributed by atoms with Crippen LogP contribution in [0.5, 0.6) is 0 Å². The molecule has 0 radical (unpaired) electrons. The minimum Gasteiger partial charge on any atom is -0.0995 e. The third-order valence-corrected chi connectivity index (χ3v) is 5.57. The Labute approximate surface area is 117 Å². The second kappa shape index (κ2) is 4.51. The summed E-state index contributed by atoms with van der Waals surface area (Å²) in [6, 6.07) is 7.25. The molecule has 0 nitrogen and oxygen atoms in total. The molecule has 0 aromatic heterocycles. The van der Waals surface area contributed by atoms with E-state index in [4.69, 9.17) is 0 Å². The van der Waals surface area contributed by atoms with Crippen LogP contribution in [0.3, 0.4) is 0 Å². The first-order valence-electron chi connectivity index (χ1n) is 7.83. The molecule has 1 aromatic carbocycles. The van der Waals surface area contributed by atoms with Crippen LogP contribution in [0.25, 0.3) is 0 Å². The van der Waals surface area contributed by atoms with E-state index < -0.39 is 0 Å². The van der Waals surface area contributed by atoms with Gasteiger partial charge in [0.25, 0.3) is 0 Å². The standard InChI is InChI=1S/C19H26/c1-13(2)15-7-10-18-16(12-15)8-9-17-14(3)6-5-11-19(17,18)4/h7,10,12-13,17H,3,5-6,8-9,11H2,1-2,4H3/t17-,19+/m0/s1. The molecule has 0 spiro atoms. The quantitative estimate of drug-likeness (QED) is 0.591. The van der Waals surface area contributed by atoms with Crippen LogP contribution in [0.4, 0.5) is 0 Å². The summed E-state index contributed by atoms with van der Waals surface area (Å²) in [7, 11) is 0. The third kappa shape index (κ3) is 1.96. The van der Waals surface area contributed by atoms with Crippen LogP contribution in [-0.2, 0) is 11.8 Å². The first kappa shape index (κ1) is 13.0. The zero-order chi connectivity index (χ0) is 13.6. The minimum atomic E-state index is 0.360. The van der Waals surface area contributed by atoms with E-state index in [-0.39, 0.29) is 0 Å². The highest BCUT2D eigenvalue weighted by Gasteiger charge is 2.43. The van der Waals surface area contributed by atoms with Crippen molar-refractivity contribution in [1.29, 1.82) is 0 Å². The first-order valence-corrected chi connectivity index (χ1v) is 7.83. The van der Waals surface area contributed by atoms with Gasteiger partial charge in [0.05, 0.1) is 0 Å². The highest BCUT2D eigenvalue weighted by molar-refractivity contribution is 5.43. The monoisotopic (exact) mass is 254 g/mol. The van der Waals surface area contributed by atoms with Crippen molar-refractivity contribution in [1.82, 2.24) is 0 Å². The maximum absolute atomic E-state index is 4.36. The largest absolute Gasteiger partial charge is 0.0995 e. The van der Waals surface area contributed by atoms with Crippen molar-refractivity contribution in [3.63, 3.8) is 0 Å². The molecule has 1 aromatic rings. The fourth-order valence-corrected chi connectivity index (χ4v) is 4.36. The van der Waals surface area contributed by atoms with Crippen LogP contribution in [0, 0.1) is 5.92 Å². The van der Waals surface area contributed by atoms with Crippen LogP contribution < -0.4 is 0 Å². The average molecular weight is 254 g/mol. The Hall–Kier alpha value is -1.04. The van der Waals surface area contributed by atoms with Crippen molar-refractivity contribution >= 4 is 0 Å². The number of hydrogen-bond acceptors (Lipinski definition) is 0. The van der Waals surface area contributed by atoms with Gasteiger partial charge in [-0.25, -0.2) is 0 Å². The Bertz CT molecular complexity index is 509. The third-order valence-electron chi connectivity index (χ3n) is 5.57. The van der Waals surface area contributed by atoms with Crippen molar-refractivity contribution in [3.8, 4) is 0 Å². The number of hydrogen-bond donors (Lipinski definition) is 0. The van der Waals surface area contributed by atoms with E-state index in [9.17, 15) is 0 Å². The van der Waals surface area contributed by atoms with Gasteiger partial charge in [0.2, 0.25) is 0 Å². The predicted molar refractivity (Wildman–Crippen MR) is 82.7 cm³/mol. The van der Waals surface area contributed by atoms with Gasteiger partial charge >= 0.3 is 0 Å². The molecule has 0 aliphatic heterocycles. The van der Waals surface area contributed by atoms with Gasteiger partial charge in [-0.3, -0.25) is 0 Å². The normalized spacial score (nSPS) is 30.1. The lowest BCUT2D eigenvalue weighted by molar-refractivity contribution is 0.235. The number of rotatable bonds is 1. The molecule has 2 atom stereocenters. The maximum atomic E-state index is 4.36. The van der Waals surface area contributed by atoms with Crippen LogP contribution >= 0.6 is 0 Å². The van der Waals surface area contributed by atoms with Crippen LogP contribution in [0.2, 0.25) is 0 Å². The van der Waals surface area contributed by atoms with E-state index in [0.717, 1.165) is 5.92 Å². The Morgan fingerprint density at radius 3 is 2.79 bits per heavy atom. The highest BCUT2D eigenvalue weighted by Crippen LogP contribution is 2.51. The molecule has 0 heterocycles. The fourth-order valence-electron chi connectivity index (χ4n) is 4.36. The summed E-state index contributed by atoms with van der Waals surface area (Å²) < 4.78 is 0. The molecular weight excluding hydrogens is 228 g/mol. The van der Waals surface area contributed by atoms with Gasteiger partial charge in [-0.1, -0.05) is 51.1 Å². The summed E-state index contributed by atoms with van der Waals surface area (Å²) in [6.45, 7) is 11.4. The van der Waals surface area contributed by atoms with Crippen LogP contribution in [0.15, 0.2) is 30.4 Å². The SMILES string of the molecule is C=C1CCC[C@@]2(C)c3ccc(C(C)C)cc3CC[C@@H]12. The van der Waals surface area contributed by atoms with E-state index in [1.807, 2.05) is 0 Å². The molecule has 102 valence electrons. The lowest BCUT2D eigenvalue weighted by Gasteiger charge is -2.47. The molecule has 0 bridgehead atoms. The highest BCUT2D eigenvalue weighted by atomic mass is 14.5. The Balaban J connectivity index is 2.06. The van der Waals surface area contributed by atoms with Crippen molar-refractivity contribution in [2.75, 3.05) is 0 Å². The topological polar surface area (TPSA) is 0 Å². The van der Waals surface area contributed by atoms with Crippen LogP contribution in [-0.4, -0.2) is 0 Å². The van der Waals surface area contributed by atoms with Gasteiger partial charge in [0.1, 0.15) is 0 Å². The van der Waals surface area contributed by atoms with Crippen molar-refractivity contribution < 1.29 is 0 Å². The predicted octanol–water partition coefficient (Wildman–Crippen LogP) is 5.37. The lowest BCUT2D eigenvalue weighted by Crippen LogP contribution is -2.40. The fraction of sp³-hybridized carbons (Fsp3) is 0.579. The van der Waals surface area contributed by atoms with Crippen LogP contribution in [0.1, 0.15) is 69.1 Å². The molecule has 0 amide bonds. The van der Waals surface area contributed by atoms with E-state index in [0.29, 0.717) is 11.3 Å². The summed E-state index contributed by atoms with van der Waals surface area (Å²) in [4.78, 5) is 0. The van der Waals surface area contributed by atoms with E-state index in [2.05, 4.69) is 45.5 Å². The minimum absolute atomic E-state index is 0.360. The molecular formula is C19H26. The molecule has 0 N–H and O–H groups in total. The summed E-state index contributed by atoms with van der Waals surface area (Å²) in [5.74, 6) is 1.36. The smallest absolute Gasteiger partial charge is 0.000705 e. The second-order valence-electron chi connectivity index (χ2n) is 7.09. The molecule has 2 aliphatic carbocycles. The molecule has 0 unspecified atom stereocenters. The number of aryl methyl sites for hydroxylation is 1. The second-order valence-corrected chi connectivity index (χ2v) is 7.09. The molecule has 0 saturated heterocycles. The molecule has 19 heavy (non-hydrogen) atoms. The molecule has 0 heteroatoms. The van der Waals surface area contributed by atoms with Crippen molar-refractivity contribution in [3.05, 3.63) is 47.0 Å².